The molecule has 0 aliphatic heterocycles. The Morgan fingerprint density at radius 2 is 1.83 bits per heavy atom. The molecule has 2 heterocycles. The molecule has 0 unspecified atom stereocenters. The molecule has 35 heavy (non-hydrogen) atoms. The molecule has 0 fully saturated rings. The zero-order valence-corrected chi connectivity index (χ0v) is 19.3. The molecule has 0 saturated carbocycles. The van der Waals surface area contributed by atoms with Gasteiger partial charge in [0.1, 0.15) is 23.4 Å². The van der Waals surface area contributed by atoms with E-state index in [1.807, 2.05) is 0 Å². The number of amides is 1. The molecule has 4 rings (SSSR count). The summed E-state index contributed by atoms with van der Waals surface area (Å²) in [6.07, 6.45) is 2.58. The van der Waals surface area contributed by atoms with Crippen LogP contribution in [-0.2, 0) is 11.3 Å². The number of carbonyl (C=O) groups excluding carboxylic acids is 2. The fraction of sp³-hybridized carbons (Fsp3) is 0.125. The van der Waals surface area contributed by atoms with Crippen LogP contribution in [0, 0.1) is 0 Å². The van der Waals surface area contributed by atoms with Crippen molar-refractivity contribution in [3.8, 4) is 11.6 Å². The van der Waals surface area contributed by atoms with Crippen molar-refractivity contribution in [2.45, 2.75) is 13.5 Å². The van der Waals surface area contributed by atoms with Crippen molar-refractivity contribution in [3.63, 3.8) is 0 Å². The van der Waals surface area contributed by atoms with Crippen LogP contribution in [0.15, 0.2) is 76.4 Å². The maximum atomic E-state index is 13.2. The largest absolute Gasteiger partial charge is 0.436 e. The van der Waals surface area contributed by atoms with E-state index >= 15 is 0 Å². The second-order valence-electron chi connectivity index (χ2n) is 7.49. The summed E-state index contributed by atoms with van der Waals surface area (Å²) < 4.78 is 11.6. The normalized spacial score (nSPS) is 10.6. The molecule has 0 aliphatic rings. The lowest BCUT2D eigenvalue weighted by Crippen LogP contribution is -2.36. The van der Waals surface area contributed by atoms with E-state index in [2.05, 4.69) is 20.8 Å². The summed E-state index contributed by atoms with van der Waals surface area (Å²) in [4.78, 5) is 41.2. The number of benzene rings is 2. The van der Waals surface area contributed by atoms with Gasteiger partial charge in [-0.1, -0.05) is 23.7 Å². The van der Waals surface area contributed by atoms with Gasteiger partial charge < -0.3 is 19.9 Å². The number of nitrogens with zero attached hydrogens (tertiary/aromatic N) is 3. The van der Waals surface area contributed by atoms with Gasteiger partial charge in [0.2, 0.25) is 5.95 Å². The zero-order chi connectivity index (χ0) is 24.8. The van der Waals surface area contributed by atoms with Crippen LogP contribution < -0.4 is 20.9 Å². The van der Waals surface area contributed by atoms with E-state index < -0.39 is 11.5 Å². The summed E-state index contributed by atoms with van der Waals surface area (Å²) >= 11 is 5.98. The monoisotopic (exact) mass is 493 g/mol. The van der Waals surface area contributed by atoms with Gasteiger partial charge >= 0.3 is 0 Å². The van der Waals surface area contributed by atoms with Crippen LogP contribution in [0.2, 0.25) is 5.02 Å². The molecule has 2 aromatic carbocycles. The molecule has 0 bridgehead atoms. The quantitative estimate of drug-likeness (QED) is 0.360. The van der Waals surface area contributed by atoms with Crippen molar-refractivity contribution in [2.24, 2.45) is 0 Å². The fourth-order valence-electron chi connectivity index (χ4n) is 3.08. The van der Waals surface area contributed by atoms with Crippen LogP contribution in [0.1, 0.15) is 22.8 Å². The van der Waals surface area contributed by atoms with Crippen molar-refractivity contribution in [2.75, 3.05) is 11.9 Å². The highest BCUT2D eigenvalue weighted by atomic mass is 35.5. The third-order valence-corrected chi connectivity index (χ3v) is 5.04. The smallest absolute Gasteiger partial charge is 0.268 e. The average Bonchev–Trinajstić information content (AvgIpc) is 3.35. The van der Waals surface area contributed by atoms with E-state index in [-0.39, 0.29) is 30.4 Å². The Bertz CT molecular complexity index is 1380. The molecule has 0 radical (unpaired) electrons. The van der Waals surface area contributed by atoms with Crippen LogP contribution in [0.4, 0.5) is 11.6 Å². The van der Waals surface area contributed by atoms with Gasteiger partial charge in [-0.25, -0.2) is 4.98 Å². The number of anilines is 2. The molecule has 2 aromatic heterocycles. The molecule has 0 aliphatic carbocycles. The highest BCUT2D eigenvalue weighted by Crippen LogP contribution is 2.23. The first-order valence-corrected chi connectivity index (χ1v) is 10.8. The lowest BCUT2D eigenvalue weighted by atomic mass is 10.2. The summed E-state index contributed by atoms with van der Waals surface area (Å²) in [6.45, 7) is 1.29. The molecule has 11 heteroatoms. The lowest BCUT2D eigenvalue weighted by Gasteiger charge is -2.15. The molecular weight excluding hydrogens is 474 g/mol. The molecule has 1 amide bonds. The van der Waals surface area contributed by atoms with Gasteiger partial charge in [-0.05, 0) is 54.0 Å². The van der Waals surface area contributed by atoms with Gasteiger partial charge in [-0.15, -0.1) is 0 Å². The average molecular weight is 494 g/mol. The standard InChI is InChI=1S/C24H20ClN5O5/c1-15(31)12-26-22(32)20-13-27-24(30(23(20)33)14-16-2-4-17(25)5-3-16)28-18-6-8-19(9-7-18)35-21-10-11-34-29-21/h2-11,13H,12,14H2,1H3,(H,26,32)(H,27,28). The Balaban J connectivity index is 1.62. The number of ketones is 1. The molecule has 10 nitrogen and oxygen atoms in total. The predicted molar refractivity (Wildman–Crippen MR) is 128 cm³/mol. The Kier molecular flexibility index (Phi) is 7.22. The second kappa shape index (κ2) is 10.7. The summed E-state index contributed by atoms with van der Waals surface area (Å²) in [5, 5.41) is 9.77. The highest BCUT2D eigenvalue weighted by molar-refractivity contribution is 6.30. The Morgan fingerprint density at radius 1 is 1.09 bits per heavy atom. The summed E-state index contributed by atoms with van der Waals surface area (Å²) in [7, 11) is 0. The van der Waals surface area contributed by atoms with E-state index in [0.29, 0.717) is 22.3 Å². The first-order valence-electron chi connectivity index (χ1n) is 10.5. The molecular formula is C24H20ClN5O5. The maximum absolute atomic E-state index is 13.2. The third kappa shape index (κ3) is 6.12. The lowest BCUT2D eigenvalue weighted by molar-refractivity contribution is -0.116. The predicted octanol–water partition coefficient (Wildman–Crippen LogP) is 3.79. The zero-order valence-electron chi connectivity index (χ0n) is 18.5. The van der Waals surface area contributed by atoms with E-state index in [1.54, 1.807) is 54.6 Å². The third-order valence-electron chi connectivity index (χ3n) is 4.79. The maximum Gasteiger partial charge on any atom is 0.268 e. The number of nitrogens with one attached hydrogen (secondary N) is 2. The van der Waals surface area contributed by atoms with Gasteiger partial charge in [0, 0.05) is 23.0 Å². The first-order chi connectivity index (χ1) is 16.9. The van der Waals surface area contributed by atoms with Crippen LogP contribution in [0.25, 0.3) is 0 Å². The minimum atomic E-state index is -0.677. The SMILES string of the molecule is CC(=O)CNC(=O)c1cnc(Nc2ccc(Oc3ccon3)cc2)n(Cc2ccc(Cl)cc2)c1=O. The first kappa shape index (κ1) is 23.7. The summed E-state index contributed by atoms with van der Waals surface area (Å²) in [5.41, 5.74) is 0.661. The molecule has 0 atom stereocenters. The van der Waals surface area contributed by atoms with Crippen molar-refractivity contribution in [1.29, 1.82) is 0 Å². The Morgan fingerprint density at radius 3 is 2.49 bits per heavy atom. The second-order valence-corrected chi connectivity index (χ2v) is 7.92. The van der Waals surface area contributed by atoms with E-state index in [9.17, 15) is 14.4 Å². The van der Waals surface area contributed by atoms with Crippen molar-refractivity contribution in [3.05, 3.63) is 93.6 Å². The van der Waals surface area contributed by atoms with Crippen molar-refractivity contribution in [1.82, 2.24) is 20.0 Å². The van der Waals surface area contributed by atoms with Gasteiger partial charge in [0.05, 0.1) is 13.1 Å². The summed E-state index contributed by atoms with van der Waals surface area (Å²) in [5.74, 6) is 0.167. The fourth-order valence-corrected chi connectivity index (χ4v) is 3.20. The van der Waals surface area contributed by atoms with Crippen LogP contribution >= 0.6 is 11.6 Å². The van der Waals surface area contributed by atoms with Gasteiger partial charge in [0.15, 0.2) is 0 Å². The topological polar surface area (TPSA) is 128 Å². The van der Waals surface area contributed by atoms with Gasteiger partial charge in [0.25, 0.3) is 17.3 Å². The van der Waals surface area contributed by atoms with E-state index in [0.717, 1.165) is 5.56 Å². The number of aromatic nitrogens is 3. The molecule has 0 saturated heterocycles. The number of Topliss-reactive ketones (excluding diaryl/α,β-unsaturated/α-hetero) is 1. The number of hydrogen-bond acceptors (Lipinski definition) is 8. The van der Waals surface area contributed by atoms with Crippen LogP contribution in [0.5, 0.6) is 11.6 Å². The Hall–Kier alpha value is -4.44. The molecule has 0 spiro atoms. The van der Waals surface area contributed by atoms with Gasteiger partial charge in [-0.3, -0.25) is 19.0 Å². The van der Waals surface area contributed by atoms with Crippen LogP contribution in [-0.4, -0.2) is 32.9 Å². The minimum absolute atomic E-state index is 0.131. The van der Waals surface area contributed by atoms with E-state index in [4.69, 9.17) is 20.9 Å². The highest BCUT2D eigenvalue weighted by Gasteiger charge is 2.17. The summed E-state index contributed by atoms with van der Waals surface area (Å²) in [6, 6.07) is 15.4. The Labute approximate surface area is 204 Å². The molecule has 2 N–H and O–H groups in total. The number of rotatable bonds is 9. The number of ether oxygens (including phenoxy) is 1. The minimum Gasteiger partial charge on any atom is -0.436 e. The van der Waals surface area contributed by atoms with E-state index in [1.165, 1.54) is 24.0 Å². The molecule has 4 aromatic rings. The van der Waals surface area contributed by atoms with Crippen LogP contribution in [0.3, 0.4) is 0 Å². The number of halogens is 1. The number of carbonyl (C=O) groups is 2. The van der Waals surface area contributed by atoms with Crippen molar-refractivity contribution < 1.29 is 18.8 Å². The number of hydrogen-bond donors (Lipinski definition) is 2. The molecule has 178 valence electrons. The van der Waals surface area contributed by atoms with Crippen molar-refractivity contribution >= 4 is 34.9 Å². The van der Waals surface area contributed by atoms with Gasteiger partial charge in [-0.2, -0.15) is 0 Å².